The van der Waals surface area contributed by atoms with Crippen LogP contribution in [0.2, 0.25) is 0 Å². The predicted octanol–water partition coefficient (Wildman–Crippen LogP) is 3.78. The lowest BCUT2D eigenvalue weighted by Gasteiger charge is -2.33. The second-order valence-electron chi connectivity index (χ2n) is 9.48. The Hall–Kier alpha value is -3.75. The van der Waals surface area contributed by atoms with Gasteiger partial charge in [-0.15, -0.1) is 0 Å². The largest absolute Gasteiger partial charge is 0.543 e. The number of pyridine rings is 1. The fraction of sp³-hybridized carbons (Fsp3) is 0.321. The van der Waals surface area contributed by atoms with Gasteiger partial charge in [0.2, 0.25) is 0 Å². The van der Waals surface area contributed by atoms with Gasteiger partial charge in [0.1, 0.15) is 24.4 Å². The van der Waals surface area contributed by atoms with Crippen LogP contribution in [0.1, 0.15) is 51.8 Å². The summed E-state index contributed by atoms with van der Waals surface area (Å²) in [7, 11) is 0. The van der Waals surface area contributed by atoms with Crippen molar-refractivity contribution in [2.75, 3.05) is 19.6 Å². The number of likely N-dealkylation sites (tertiary alicyclic amines) is 1. The zero-order valence-corrected chi connectivity index (χ0v) is 20.7. The number of ether oxygens (including phenoxy) is 1. The van der Waals surface area contributed by atoms with Crippen LogP contribution in [0.5, 0.6) is 5.75 Å². The number of fused-ring (bicyclic) bond motifs is 4. The van der Waals surface area contributed by atoms with Crippen LogP contribution >= 0.6 is 0 Å². The summed E-state index contributed by atoms with van der Waals surface area (Å²) >= 11 is 0. The number of hydrogen-bond donors (Lipinski definition) is 1. The lowest BCUT2D eigenvalue weighted by atomic mass is 9.87. The Kier molecular flexibility index (Phi) is 6.47. The first-order chi connectivity index (χ1) is 17.1. The highest BCUT2D eigenvalue weighted by molar-refractivity contribution is 5.85. The summed E-state index contributed by atoms with van der Waals surface area (Å²) in [5, 5.41) is 12.6. The highest BCUT2D eigenvalue weighted by Gasteiger charge is 2.25. The SMILES string of the molecule is Cc1ccc2c(C3CCN(CCc4cccc5c4OCc4c(C(=O)[O-])ncn4-5)CC3)cccc2n1.[NH4+]. The van der Waals surface area contributed by atoms with E-state index >= 15 is 0 Å². The minimum Gasteiger partial charge on any atom is -0.543 e. The Bertz CT molecular complexity index is 1420. The van der Waals surface area contributed by atoms with E-state index in [2.05, 4.69) is 46.3 Å². The molecule has 0 saturated carbocycles. The number of nitrogens with zero attached hydrogens (tertiary/aromatic N) is 4. The minimum absolute atomic E-state index is 0. The molecule has 1 saturated heterocycles. The third-order valence-corrected chi connectivity index (χ3v) is 7.38. The summed E-state index contributed by atoms with van der Waals surface area (Å²) < 4.78 is 7.82. The molecule has 0 unspecified atom stereocenters. The Labute approximate surface area is 210 Å². The van der Waals surface area contributed by atoms with E-state index < -0.39 is 5.97 Å². The number of carboxylic acids is 1. The van der Waals surface area contributed by atoms with E-state index in [0.717, 1.165) is 67.1 Å². The average Bonchev–Trinajstić information content (AvgIpc) is 3.32. The van der Waals surface area contributed by atoms with Crippen molar-refractivity contribution in [3.8, 4) is 11.4 Å². The molecule has 0 bridgehead atoms. The highest BCUT2D eigenvalue weighted by atomic mass is 16.5. The molecular formula is C28H31N5O3. The second kappa shape index (κ2) is 9.72. The standard InChI is InChI=1S/C28H28N4O3.H3N/c1-18-8-9-22-21(5-3-6-23(22)30-18)19-10-13-31(14-11-19)15-12-20-4-2-7-24-27(20)35-16-25-26(28(33)34)29-17-32(24)25;/h2-9,17,19H,10-16H2,1H3,(H,33,34);1H3. The van der Waals surface area contributed by atoms with Gasteiger partial charge in [-0.3, -0.25) is 9.55 Å². The molecule has 4 aromatic rings. The molecule has 0 spiro atoms. The number of imidazole rings is 1. The Morgan fingerprint density at radius 3 is 2.72 bits per heavy atom. The van der Waals surface area contributed by atoms with E-state index in [0.29, 0.717) is 11.6 Å². The fourth-order valence-corrected chi connectivity index (χ4v) is 5.54. The molecule has 0 amide bonds. The van der Waals surface area contributed by atoms with E-state index in [1.54, 1.807) is 10.9 Å². The molecule has 4 heterocycles. The van der Waals surface area contributed by atoms with Crippen molar-refractivity contribution in [1.29, 1.82) is 0 Å². The van der Waals surface area contributed by atoms with Crippen LogP contribution in [0.25, 0.3) is 16.6 Å². The van der Waals surface area contributed by atoms with Crippen molar-refractivity contribution in [1.82, 2.24) is 25.6 Å². The third-order valence-electron chi connectivity index (χ3n) is 7.38. The summed E-state index contributed by atoms with van der Waals surface area (Å²) in [5.41, 5.74) is 6.01. The van der Waals surface area contributed by atoms with E-state index in [-0.39, 0.29) is 18.5 Å². The molecule has 2 aromatic carbocycles. The van der Waals surface area contributed by atoms with E-state index in [1.165, 1.54) is 10.9 Å². The molecule has 186 valence electrons. The van der Waals surface area contributed by atoms with Gasteiger partial charge >= 0.3 is 0 Å². The number of carboxylic acid groups (broad SMARTS) is 1. The van der Waals surface area contributed by atoms with E-state index in [9.17, 15) is 9.90 Å². The monoisotopic (exact) mass is 485 g/mol. The molecule has 36 heavy (non-hydrogen) atoms. The number of aromatic nitrogens is 3. The maximum Gasteiger partial charge on any atom is 0.147 e. The minimum atomic E-state index is -1.28. The normalized spacial score (nSPS) is 15.6. The van der Waals surface area contributed by atoms with Crippen molar-refractivity contribution >= 4 is 16.9 Å². The maximum atomic E-state index is 11.3. The maximum absolute atomic E-state index is 11.3. The number of rotatable bonds is 5. The van der Waals surface area contributed by atoms with Crippen LogP contribution in [-0.4, -0.2) is 45.0 Å². The van der Waals surface area contributed by atoms with Gasteiger partial charge in [-0.1, -0.05) is 30.3 Å². The molecule has 0 aliphatic carbocycles. The van der Waals surface area contributed by atoms with Crippen LogP contribution in [-0.2, 0) is 13.0 Å². The number of aromatic carboxylic acids is 1. The van der Waals surface area contributed by atoms with Gasteiger partial charge in [0.05, 0.1) is 22.9 Å². The van der Waals surface area contributed by atoms with Crippen molar-refractivity contribution < 1.29 is 14.6 Å². The van der Waals surface area contributed by atoms with Gasteiger partial charge in [0.25, 0.3) is 0 Å². The fourth-order valence-electron chi connectivity index (χ4n) is 5.54. The molecule has 1 fully saturated rings. The van der Waals surface area contributed by atoms with Gasteiger partial charge in [-0.25, -0.2) is 4.98 Å². The molecule has 8 nitrogen and oxygen atoms in total. The molecule has 4 N–H and O–H groups in total. The number of quaternary nitrogens is 1. The average molecular weight is 486 g/mol. The molecular weight excluding hydrogens is 454 g/mol. The molecule has 2 aromatic heterocycles. The first kappa shape index (κ1) is 24.0. The van der Waals surface area contributed by atoms with Gasteiger partial charge in [-0.05, 0) is 74.5 Å². The van der Waals surface area contributed by atoms with Gasteiger partial charge < -0.3 is 25.7 Å². The zero-order chi connectivity index (χ0) is 23.9. The first-order valence-corrected chi connectivity index (χ1v) is 12.2. The summed E-state index contributed by atoms with van der Waals surface area (Å²) in [4.78, 5) is 22.6. The number of aryl methyl sites for hydroxylation is 1. The van der Waals surface area contributed by atoms with Gasteiger partial charge in [-0.2, -0.15) is 0 Å². The topological polar surface area (TPSA) is 120 Å². The quantitative estimate of drug-likeness (QED) is 0.459. The highest BCUT2D eigenvalue weighted by Crippen LogP contribution is 2.36. The van der Waals surface area contributed by atoms with Crippen molar-refractivity contribution in [3.05, 3.63) is 83.1 Å². The Morgan fingerprint density at radius 1 is 1.11 bits per heavy atom. The van der Waals surface area contributed by atoms with E-state index in [4.69, 9.17) is 9.72 Å². The second-order valence-corrected chi connectivity index (χ2v) is 9.48. The Balaban J connectivity index is 0.00000267. The summed E-state index contributed by atoms with van der Waals surface area (Å²) in [6, 6.07) is 16.9. The number of carbonyl (C=O) groups excluding carboxylic acids is 1. The molecule has 2 aliphatic rings. The zero-order valence-electron chi connectivity index (χ0n) is 20.7. The van der Waals surface area contributed by atoms with Crippen molar-refractivity contribution in [3.63, 3.8) is 0 Å². The first-order valence-electron chi connectivity index (χ1n) is 12.2. The number of para-hydroxylation sites is 1. The predicted molar refractivity (Wildman–Crippen MR) is 137 cm³/mol. The molecule has 0 radical (unpaired) electrons. The van der Waals surface area contributed by atoms with Gasteiger partial charge in [0, 0.05) is 17.6 Å². The number of benzene rings is 2. The smallest absolute Gasteiger partial charge is 0.147 e. The van der Waals surface area contributed by atoms with Crippen molar-refractivity contribution in [2.45, 2.75) is 38.7 Å². The molecule has 6 rings (SSSR count). The van der Waals surface area contributed by atoms with Crippen LogP contribution in [0.3, 0.4) is 0 Å². The van der Waals surface area contributed by atoms with Crippen LogP contribution in [0.15, 0.2) is 54.9 Å². The summed E-state index contributed by atoms with van der Waals surface area (Å²) in [5.74, 6) is 0.0980. The van der Waals surface area contributed by atoms with Gasteiger partial charge in [0.15, 0.2) is 0 Å². The van der Waals surface area contributed by atoms with Crippen LogP contribution < -0.4 is 16.0 Å². The number of hydrogen-bond acceptors (Lipinski definition) is 6. The Morgan fingerprint density at radius 2 is 1.92 bits per heavy atom. The molecule has 2 aliphatic heterocycles. The summed E-state index contributed by atoms with van der Waals surface area (Å²) in [6.07, 6.45) is 4.70. The molecule has 0 atom stereocenters. The third kappa shape index (κ3) is 4.23. The van der Waals surface area contributed by atoms with Crippen molar-refractivity contribution in [2.24, 2.45) is 0 Å². The van der Waals surface area contributed by atoms with Crippen LogP contribution in [0.4, 0.5) is 0 Å². The lowest BCUT2D eigenvalue weighted by molar-refractivity contribution is -0.255. The van der Waals surface area contributed by atoms with Crippen LogP contribution in [0, 0.1) is 6.92 Å². The lowest BCUT2D eigenvalue weighted by Crippen LogP contribution is -2.34. The summed E-state index contributed by atoms with van der Waals surface area (Å²) in [6.45, 7) is 5.31. The van der Waals surface area contributed by atoms with E-state index in [1.807, 2.05) is 19.1 Å². The number of piperidine rings is 1. The molecule has 8 heteroatoms. The number of carbonyl (C=O) groups is 1.